The summed E-state index contributed by atoms with van der Waals surface area (Å²) in [5, 5.41) is 0. The van der Waals surface area contributed by atoms with Crippen molar-refractivity contribution in [2.45, 2.75) is 37.3 Å². The number of likely N-dealkylation sites (N-methyl/N-ethyl adjacent to an activating group) is 1. The summed E-state index contributed by atoms with van der Waals surface area (Å²) in [6, 6.07) is 10.8. The van der Waals surface area contributed by atoms with Gasteiger partial charge in [-0.25, -0.2) is 8.42 Å². The van der Waals surface area contributed by atoms with Gasteiger partial charge in [-0.15, -0.1) is 0 Å². The Hall–Kier alpha value is -0.910. The lowest BCUT2D eigenvalue weighted by Gasteiger charge is -2.33. The first-order valence-electron chi connectivity index (χ1n) is 7.70. The number of nitrogens with zero attached hydrogens (tertiary/aromatic N) is 2. The molecule has 0 saturated carbocycles. The highest BCUT2D eigenvalue weighted by molar-refractivity contribution is 7.88. The molecule has 5 heteroatoms. The van der Waals surface area contributed by atoms with Gasteiger partial charge in [-0.3, -0.25) is 0 Å². The highest BCUT2D eigenvalue weighted by atomic mass is 32.2. The van der Waals surface area contributed by atoms with Crippen LogP contribution in [0.4, 0.5) is 0 Å². The Labute approximate surface area is 127 Å². The molecule has 2 heterocycles. The summed E-state index contributed by atoms with van der Waals surface area (Å²) in [5.41, 5.74) is 1.26. The molecule has 2 aliphatic heterocycles. The van der Waals surface area contributed by atoms with E-state index in [-0.39, 0.29) is 12.0 Å². The summed E-state index contributed by atoms with van der Waals surface area (Å²) in [4.78, 5) is 2.35. The van der Waals surface area contributed by atoms with Gasteiger partial charge in [-0.2, -0.15) is 4.31 Å². The third-order valence-corrected chi connectivity index (χ3v) is 6.25. The molecule has 4 nitrogen and oxygen atoms in total. The summed E-state index contributed by atoms with van der Waals surface area (Å²) < 4.78 is 26.3. The van der Waals surface area contributed by atoms with Crippen molar-refractivity contribution in [1.29, 1.82) is 0 Å². The fourth-order valence-electron chi connectivity index (χ4n) is 4.03. The number of benzene rings is 1. The molecule has 1 aromatic rings. The lowest BCUT2D eigenvalue weighted by atomic mass is 9.90. The first-order valence-corrected chi connectivity index (χ1v) is 9.55. The van der Waals surface area contributed by atoms with Crippen molar-refractivity contribution in [3.8, 4) is 0 Å². The van der Waals surface area contributed by atoms with Crippen molar-refractivity contribution < 1.29 is 8.42 Å². The molecule has 0 N–H and O–H groups in total. The van der Waals surface area contributed by atoms with Crippen molar-refractivity contribution >= 4 is 10.0 Å². The zero-order valence-corrected chi connectivity index (χ0v) is 13.6. The van der Waals surface area contributed by atoms with E-state index in [1.54, 1.807) is 4.31 Å². The molecular weight excluding hydrogens is 284 g/mol. The predicted molar refractivity (Wildman–Crippen MR) is 84.8 cm³/mol. The molecule has 0 bridgehead atoms. The fraction of sp³-hybridized carbons (Fsp3) is 0.625. The van der Waals surface area contributed by atoms with Gasteiger partial charge in [0.25, 0.3) is 0 Å². The highest BCUT2D eigenvalue weighted by Gasteiger charge is 2.47. The molecule has 0 amide bonds. The number of fused-ring (bicyclic) bond motifs is 1. The summed E-state index contributed by atoms with van der Waals surface area (Å²) >= 11 is 0. The molecule has 1 aromatic carbocycles. The average Bonchev–Trinajstić information content (AvgIpc) is 2.63. The molecule has 0 aromatic heterocycles. The smallest absolute Gasteiger partial charge is 0.211 e. The molecule has 0 unspecified atom stereocenters. The number of sulfonamides is 1. The Morgan fingerprint density at radius 1 is 1.14 bits per heavy atom. The third-order valence-electron chi connectivity index (χ3n) is 4.97. The Bertz CT molecular complexity index is 588. The summed E-state index contributed by atoms with van der Waals surface area (Å²) in [6.45, 7) is 1.60. The monoisotopic (exact) mass is 308 g/mol. The molecule has 0 aliphatic carbocycles. The first kappa shape index (κ1) is 15.0. The molecule has 3 rings (SSSR count). The Kier molecular flexibility index (Phi) is 4.08. The number of hydrogen-bond acceptors (Lipinski definition) is 3. The summed E-state index contributed by atoms with van der Waals surface area (Å²) in [5.74, 6) is 0.272. The zero-order valence-electron chi connectivity index (χ0n) is 12.8. The van der Waals surface area contributed by atoms with Gasteiger partial charge in [0.2, 0.25) is 10.0 Å². The molecule has 2 fully saturated rings. The lowest BCUT2D eigenvalue weighted by Crippen LogP contribution is -2.47. The molecule has 116 valence electrons. The van der Waals surface area contributed by atoms with Crippen molar-refractivity contribution in [3.63, 3.8) is 0 Å². The van der Waals surface area contributed by atoms with E-state index >= 15 is 0 Å². The third kappa shape index (κ3) is 2.87. The topological polar surface area (TPSA) is 40.6 Å². The second-order valence-electron chi connectivity index (χ2n) is 6.38. The lowest BCUT2D eigenvalue weighted by molar-refractivity contribution is 0.235. The minimum absolute atomic E-state index is 0.0786. The minimum Gasteiger partial charge on any atom is -0.301 e. The molecule has 0 radical (unpaired) electrons. The van der Waals surface area contributed by atoms with Crippen molar-refractivity contribution in [2.75, 3.05) is 26.4 Å². The van der Waals surface area contributed by atoms with E-state index in [9.17, 15) is 8.42 Å². The van der Waals surface area contributed by atoms with Crippen LogP contribution < -0.4 is 0 Å². The highest BCUT2D eigenvalue weighted by Crippen LogP contribution is 2.39. The van der Waals surface area contributed by atoms with E-state index in [2.05, 4.69) is 24.1 Å². The molecular formula is C16H24N2O2S. The van der Waals surface area contributed by atoms with Gasteiger partial charge in [0.15, 0.2) is 0 Å². The zero-order chi connectivity index (χ0) is 15.0. The number of hydrogen-bond donors (Lipinski definition) is 0. The van der Waals surface area contributed by atoms with Crippen LogP contribution in [0.5, 0.6) is 0 Å². The van der Waals surface area contributed by atoms with Crippen LogP contribution >= 0.6 is 0 Å². The van der Waals surface area contributed by atoms with Crippen LogP contribution in [0.1, 0.15) is 30.7 Å². The predicted octanol–water partition coefficient (Wildman–Crippen LogP) is 1.90. The van der Waals surface area contributed by atoms with Crippen molar-refractivity contribution in [3.05, 3.63) is 35.9 Å². The minimum atomic E-state index is -3.16. The molecule has 2 aliphatic rings. The van der Waals surface area contributed by atoms with Gasteiger partial charge in [0.1, 0.15) is 0 Å². The first-order chi connectivity index (χ1) is 9.98. The fourth-order valence-corrected chi connectivity index (χ4v) is 5.22. The average molecular weight is 308 g/mol. The van der Waals surface area contributed by atoms with Crippen molar-refractivity contribution in [1.82, 2.24) is 9.21 Å². The largest absolute Gasteiger partial charge is 0.301 e. The quantitative estimate of drug-likeness (QED) is 0.838. The van der Waals surface area contributed by atoms with Gasteiger partial charge in [0, 0.05) is 31.1 Å². The van der Waals surface area contributed by atoms with E-state index in [1.165, 1.54) is 11.8 Å². The van der Waals surface area contributed by atoms with Gasteiger partial charge in [0.05, 0.1) is 6.26 Å². The van der Waals surface area contributed by atoms with Gasteiger partial charge in [-0.05, 0) is 25.5 Å². The molecule has 3 atom stereocenters. The Morgan fingerprint density at radius 3 is 2.52 bits per heavy atom. The van der Waals surface area contributed by atoms with Crippen molar-refractivity contribution in [2.24, 2.45) is 0 Å². The van der Waals surface area contributed by atoms with Crippen LogP contribution in [0.2, 0.25) is 0 Å². The maximum atomic E-state index is 12.3. The normalized spacial score (nSPS) is 31.8. The number of likely N-dealkylation sites (tertiary alicyclic amines) is 1. The van der Waals surface area contributed by atoms with Crippen LogP contribution in [0.15, 0.2) is 30.3 Å². The van der Waals surface area contributed by atoms with E-state index < -0.39 is 10.0 Å². The molecule has 21 heavy (non-hydrogen) atoms. The second kappa shape index (κ2) is 5.71. The Balaban J connectivity index is 2.02. The number of rotatable bonds is 2. The van der Waals surface area contributed by atoms with E-state index in [4.69, 9.17) is 0 Å². The van der Waals surface area contributed by atoms with E-state index in [1.807, 2.05) is 18.2 Å². The van der Waals surface area contributed by atoms with Crippen LogP contribution in [-0.4, -0.2) is 56.1 Å². The SMILES string of the molecule is CN1C[C@@H](c2ccccc2)[C@H]2[C@@H]1CCCCN2S(C)(=O)=O. The van der Waals surface area contributed by atoms with Gasteiger partial charge in [-0.1, -0.05) is 36.8 Å². The maximum absolute atomic E-state index is 12.3. The summed E-state index contributed by atoms with van der Waals surface area (Å²) in [6.07, 6.45) is 4.53. The standard InChI is InChI=1S/C16H24N2O2S/c1-17-12-14(13-8-4-3-5-9-13)16-15(17)10-6-7-11-18(16)21(2,19)20/h3-5,8-9,14-16H,6-7,10-12H2,1-2H3/t14-,15-,16-/m0/s1. The van der Waals surface area contributed by atoms with Crippen LogP contribution in [-0.2, 0) is 10.0 Å². The van der Waals surface area contributed by atoms with Crippen LogP contribution in [0.3, 0.4) is 0 Å². The second-order valence-corrected chi connectivity index (χ2v) is 8.32. The molecule has 2 saturated heterocycles. The maximum Gasteiger partial charge on any atom is 0.211 e. The van der Waals surface area contributed by atoms with E-state index in [0.29, 0.717) is 12.6 Å². The van der Waals surface area contributed by atoms with Gasteiger partial charge >= 0.3 is 0 Å². The molecule has 0 spiro atoms. The van der Waals surface area contributed by atoms with Crippen LogP contribution in [0, 0.1) is 0 Å². The van der Waals surface area contributed by atoms with Crippen LogP contribution in [0.25, 0.3) is 0 Å². The van der Waals surface area contributed by atoms with Gasteiger partial charge < -0.3 is 4.90 Å². The van der Waals surface area contributed by atoms with E-state index in [0.717, 1.165) is 25.8 Å². The summed E-state index contributed by atoms with van der Waals surface area (Å²) in [7, 11) is -1.03. The Morgan fingerprint density at radius 2 is 1.86 bits per heavy atom.